The van der Waals surface area contributed by atoms with Gasteiger partial charge in [0.25, 0.3) is 0 Å². The number of hydrogen-bond acceptors (Lipinski definition) is 5. The second kappa shape index (κ2) is 16.0. The van der Waals surface area contributed by atoms with Crippen LogP contribution >= 0.6 is 0 Å². The van der Waals surface area contributed by atoms with Gasteiger partial charge in [0, 0.05) is 33.0 Å². The first-order valence-electron chi connectivity index (χ1n) is 20.9. The van der Waals surface area contributed by atoms with Crippen molar-refractivity contribution in [2.45, 2.75) is 0 Å². The van der Waals surface area contributed by atoms with Crippen molar-refractivity contribution in [3.63, 3.8) is 0 Å². The fraction of sp³-hybridized carbons (Fsp3) is 0. The Labute approximate surface area is 364 Å². The average molecular weight is 805 g/mol. The van der Waals surface area contributed by atoms with Crippen LogP contribution in [0, 0.1) is 11.3 Å². The van der Waals surface area contributed by atoms with Crippen molar-refractivity contribution in [1.82, 2.24) is 15.0 Å². The summed E-state index contributed by atoms with van der Waals surface area (Å²) in [5.41, 5.74) is 15.6. The predicted molar refractivity (Wildman–Crippen MR) is 255 cm³/mol. The molecule has 5 nitrogen and oxygen atoms in total. The van der Waals surface area contributed by atoms with E-state index < -0.39 is 0 Å². The minimum atomic E-state index is 0.535. The molecule has 5 heteroatoms. The maximum absolute atomic E-state index is 9.39. The SMILES string of the molecule is N#Cc1ccc(-c2cccc(-c3nc(-c4ccc(-c5ccccc5)cc4)nc(-c4ccc5c(c4)oc4c(-c6ccccc6)ccc(-c6cccc(-c7ccccc7)c6)c45)n3)c2)cc1. The van der Waals surface area contributed by atoms with E-state index in [0.717, 1.165) is 88.7 Å². The number of benzene rings is 9. The topological polar surface area (TPSA) is 75.6 Å². The molecule has 0 aliphatic rings. The van der Waals surface area contributed by atoms with Crippen molar-refractivity contribution in [3.05, 3.63) is 224 Å². The first kappa shape index (κ1) is 37.3. The smallest absolute Gasteiger partial charge is 0.164 e. The zero-order chi connectivity index (χ0) is 42.1. The molecule has 0 unspecified atom stereocenters. The van der Waals surface area contributed by atoms with Crippen LogP contribution in [0.3, 0.4) is 0 Å². The summed E-state index contributed by atoms with van der Waals surface area (Å²) in [6.45, 7) is 0. The van der Waals surface area contributed by atoms with Crippen LogP contribution in [-0.2, 0) is 0 Å². The van der Waals surface area contributed by atoms with Crippen molar-refractivity contribution >= 4 is 21.9 Å². The quantitative estimate of drug-likeness (QED) is 0.153. The number of fused-ring (bicyclic) bond motifs is 3. The molecule has 9 aromatic carbocycles. The first-order valence-corrected chi connectivity index (χ1v) is 20.9. The van der Waals surface area contributed by atoms with E-state index in [0.29, 0.717) is 23.0 Å². The van der Waals surface area contributed by atoms with E-state index in [1.54, 1.807) is 0 Å². The van der Waals surface area contributed by atoms with E-state index in [1.165, 1.54) is 5.56 Å². The number of nitrogens with zero attached hydrogens (tertiary/aromatic N) is 4. The predicted octanol–water partition coefficient (Wildman–Crippen LogP) is 15.0. The van der Waals surface area contributed by atoms with Gasteiger partial charge in [0.1, 0.15) is 11.2 Å². The van der Waals surface area contributed by atoms with Gasteiger partial charge in [0.2, 0.25) is 0 Å². The molecule has 2 aromatic heterocycles. The van der Waals surface area contributed by atoms with E-state index in [1.807, 2.05) is 66.7 Å². The van der Waals surface area contributed by atoms with Crippen LogP contribution in [0.25, 0.3) is 112 Å². The zero-order valence-corrected chi connectivity index (χ0v) is 34.0. The molecule has 11 rings (SSSR count). The van der Waals surface area contributed by atoms with Crippen molar-refractivity contribution < 1.29 is 4.42 Å². The number of hydrogen-bond donors (Lipinski definition) is 0. The lowest BCUT2D eigenvalue weighted by atomic mass is 9.93. The van der Waals surface area contributed by atoms with Crippen molar-refractivity contribution in [3.8, 4) is 95.9 Å². The van der Waals surface area contributed by atoms with Crippen molar-refractivity contribution in [2.75, 3.05) is 0 Å². The number of aromatic nitrogens is 3. The highest BCUT2D eigenvalue weighted by molar-refractivity contribution is 6.16. The lowest BCUT2D eigenvalue weighted by Gasteiger charge is -2.11. The maximum Gasteiger partial charge on any atom is 0.164 e. The fourth-order valence-corrected chi connectivity index (χ4v) is 8.38. The number of furan rings is 1. The Morgan fingerprint density at radius 2 is 0.762 bits per heavy atom. The van der Waals surface area contributed by atoms with Gasteiger partial charge in [0.15, 0.2) is 17.5 Å². The highest BCUT2D eigenvalue weighted by Crippen LogP contribution is 2.43. The lowest BCUT2D eigenvalue weighted by Crippen LogP contribution is -2.00. The molecule has 0 aliphatic carbocycles. The van der Waals surface area contributed by atoms with Gasteiger partial charge in [-0.05, 0) is 92.5 Å². The molecule has 0 amide bonds. The van der Waals surface area contributed by atoms with Gasteiger partial charge in [-0.1, -0.05) is 176 Å². The summed E-state index contributed by atoms with van der Waals surface area (Å²) in [5.74, 6) is 1.65. The summed E-state index contributed by atoms with van der Waals surface area (Å²) >= 11 is 0. The molecule has 0 spiro atoms. The Kier molecular flexibility index (Phi) is 9.50. The third-order valence-corrected chi connectivity index (χ3v) is 11.6. The Hall–Kier alpha value is -8.72. The van der Waals surface area contributed by atoms with Crippen LogP contribution in [0.4, 0.5) is 0 Å². The highest BCUT2D eigenvalue weighted by Gasteiger charge is 2.20. The molecule has 0 radical (unpaired) electrons. The maximum atomic E-state index is 9.39. The molecule has 63 heavy (non-hydrogen) atoms. The summed E-state index contributed by atoms with van der Waals surface area (Å²) < 4.78 is 6.95. The standard InChI is InChI=1S/C58H36N4O/c59-37-38-22-24-42(25-23-38)46-19-11-21-48(35-46)57-60-56(44-28-26-41(27-29-44)39-12-4-1-5-13-39)61-58(62-57)49-30-31-52-53(36-49)63-55-51(43-16-8-3-9-17-43)33-32-50(54(52)55)47-20-10-18-45(34-47)40-14-6-2-7-15-40/h1-36H. The van der Waals surface area contributed by atoms with Crippen LogP contribution < -0.4 is 0 Å². The van der Waals surface area contributed by atoms with Crippen LogP contribution in [0.5, 0.6) is 0 Å². The van der Waals surface area contributed by atoms with E-state index >= 15 is 0 Å². The van der Waals surface area contributed by atoms with E-state index in [4.69, 9.17) is 19.4 Å². The van der Waals surface area contributed by atoms with Crippen LogP contribution in [0.2, 0.25) is 0 Å². The Morgan fingerprint density at radius 1 is 0.333 bits per heavy atom. The molecule has 0 saturated heterocycles. The molecule has 11 aromatic rings. The average Bonchev–Trinajstić information content (AvgIpc) is 3.76. The van der Waals surface area contributed by atoms with E-state index in [2.05, 4.69) is 158 Å². The van der Waals surface area contributed by atoms with Gasteiger partial charge < -0.3 is 4.42 Å². The van der Waals surface area contributed by atoms with Crippen LogP contribution in [0.1, 0.15) is 5.56 Å². The third kappa shape index (κ3) is 7.22. The van der Waals surface area contributed by atoms with Gasteiger partial charge in [-0.3, -0.25) is 0 Å². The minimum Gasteiger partial charge on any atom is -0.455 e. The van der Waals surface area contributed by atoms with Gasteiger partial charge >= 0.3 is 0 Å². The third-order valence-electron chi connectivity index (χ3n) is 11.6. The zero-order valence-electron chi connectivity index (χ0n) is 34.0. The molecule has 2 heterocycles. The van der Waals surface area contributed by atoms with Crippen LogP contribution in [0.15, 0.2) is 223 Å². The monoisotopic (exact) mass is 804 g/mol. The lowest BCUT2D eigenvalue weighted by molar-refractivity contribution is 0.670. The van der Waals surface area contributed by atoms with Crippen molar-refractivity contribution in [1.29, 1.82) is 5.26 Å². The molecule has 0 atom stereocenters. The molecular weight excluding hydrogens is 769 g/mol. The summed E-state index contributed by atoms with van der Waals surface area (Å²) in [4.78, 5) is 15.4. The van der Waals surface area contributed by atoms with Gasteiger partial charge in [-0.2, -0.15) is 5.26 Å². The largest absolute Gasteiger partial charge is 0.455 e. The molecule has 294 valence electrons. The summed E-state index contributed by atoms with van der Waals surface area (Å²) in [5, 5.41) is 11.4. The minimum absolute atomic E-state index is 0.535. The Bertz CT molecular complexity index is 3480. The fourth-order valence-electron chi connectivity index (χ4n) is 8.38. The van der Waals surface area contributed by atoms with Crippen LogP contribution in [-0.4, -0.2) is 15.0 Å². The molecular formula is C58H36N4O. The van der Waals surface area contributed by atoms with Gasteiger partial charge in [0.05, 0.1) is 11.6 Å². The van der Waals surface area contributed by atoms with Gasteiger partial charge in [-0.15, -0.1) is 0 Å². The molecule has 0 bridgehead atoms. The van der Waals surface area contributed by atoms with Crippen molar-refractivity contribution in [2.24, 2.45) is 0 Å². The number of rotatable bonds is 8. The Balaban J connectivity index is 1.07. The van der Waals surface area contributed by atoms with Gasteiger partial charge in [-0.25, -0.2) is 15.0 Å². The second-order valence-corrected chi connectivity index (χ2v) is 15.5. The summed E-state index contributed by atoms with van der Waals surface area (Å²) in [6, 6.07) is 77.0. The summed E-state index contributed by atoms with van der Waals surface area (Å²) in [6.07, 6.45) is 0. The second-order valence-electron chi connectivity index (χ2n) is 15.5. The molecule has 0 fully saturated rings. The number of nitriles is 1. The molecule has 0 aliphatic heterocycles. The van der Waals surface area contributed by atoms with E-state index in [-0.39, 0.29) is 0 Å². The first-order chi connectivity index (χ1) is 31.1. The molecule has 0 N–H and O–H groups in total. The highest BCUT2D eigenvalue weighted by atomic mass is 16.3. The normalized spacial score (nSPS) is 11.2. The molecule has 0 saturated carbocycles. The van der Waals surface area contributed by atoms with E-state index in [9.17, 15) is 5.26 Å². The summed E-state index contributed by atoms with van der Waals surface area (Å²) in [7, 11) is 0. The Morgan fingerprint density at radius 3 is 1.40 bits per heavy atom.